The molecular formula is C20H22ClN3O3. The van der Waals surface area contributed by atoms with Gasteiger partial charge in [-0.05, 0) is 48.4 Å². The molecule has 0 saturated carbocycles. The highest BCUT2D eigenvalue weighted by molar-refractivity contribution is 6.33. The van der Waals surface area contributed by atoms with Crippen LogP contribution in [0.3, 0.4) is 0 Å². The predicted octanol–water partition coefficient (Wildman–Crippen LogP) is 4.00. The molecule has 0 bridgehead atoms. The maximum atomic E-state index is 11.9. The summed E-state index contributed by atoms with van der Waals surface area (Å²) >= 11 is 5.97. The standard InChI is InChI=1S/C20H22ClN3O3/c1-2-13-27-16-9-7-15(8-10-16)14-22-24-20(26)12-11-19(25)23-18-6-4-3-5-17(18)21/h3-10,14H,2,11-13H2,1H3,(H,23,25)(H,24,26). The summed E-state index contributed by atoms with van der Waals surface area (Å²) in [5.74, 6) is 0.163. The Morgan fingerprint density at radius 1 is 1.07 bits per heavy atom. The third-order valence-electron chi connectivity index (χ3n) is 3.48. The number of hydrazone groups is 1. The van der Waals surface area contributed by atoms with E-state index in [4.69, 9.17) is 16.3 Å². The van der Waals surface area contributed by atoms with Crippen LogP contribution in [0.15, 0.2) is 53.6 Å². The Hall–Kier alpha value is -2.86. The largest absolute Gasteiger partial charge is 0.494 e. The van der Waals surface area contributed by atoms with Crippen LogP contribution in [0.1, 0.15) is 31.7 Å². The summed E-state index contributed by atoms with van der Waals surface area (Å²) in [5, 5.41) is 7.01. The highest BCUT2D eigenvalue weighted by Gasteiger charge is 2.08. The summed E-state index contributed by atoms with van der Waals surface area (Å²) in [6.45, 7) is 2.72. The topological polar surface area (TPSA) is 79.8 Å². The second kappa shape index (κ2) is 11.0. The second-order valence-electron chi connectivity index (χ2n) is 5.74. The Morgan fingerprint density at radius 3 is 2.48 bits per heavy atom. The van der Waals surface area contributed by atoms with Gasteiger partial charge in [0.05, 0.1) is 23.5 Å². The Labute approximate surface area is 163 Å². The van der Waals surface area contributed by atoms with Crippen molar-refractivity contribution in [1.82, 2.24) is 5.43 Å². The van der Waals surface area contributed by atoms with Gasteiger partial charge < -0.3 is 10.1 Å². The minimum Gasteiger partial charge on any atom is -0.494 e. The van der Waals surface area contributed by atoms with E-state index in [9.17, 15) is 9.59 Å². The lowest BCUT2D eigenvalue weighted by Crippen LogP contribution is -2.20. The van der Waals surface area contributed by atoms with Gasteiger partial charge in [-0.15, -0.1) is 0 Å². The first-order chi connectivity index (χ1) is 13.1. The van der Waals surface area contributed by atoms with Gasteiger partial charge in [0.15, 0.2) is 0 Å². The van der Waals surface area contributed by atoms with Crippen molar-refractivity contribution < 1.29 is 14.3 Å². The van der Waals surface area contributed by atoms with E-state index in [-0.39, 0.29) is 24.7 Å². The van der Waals surface area contributed by atoms with Crippen LogP contribution in [0.2, 0.25) is 5.02 Å². The van der Waals surface area contributed by atoms with Crippen LogP contribution in [-0.4, -0.2) is 24.6 Å². The molecule has 2 amide bonds. The fourth-order valence-electron chi connectivity index (χ4n) is 2.11. The summed E-state index contributed by atoms with van der Waals surface area (Å²) in [7, 11) is 0. The number of anilines is 1. The molecule has 0 heterocycles. The van der Waals surface area contributed by atoms with Gasteiger partial charge in [-0.3, -0.25) is 9.59 Å². The number of carbonyl (C=O) groups excluding carboxylic acids is 2. The highest BCUT2D eigenvalue weighted by atomic mass is 35.5. The molecule has 2 aromatic carbocycles. The van der Waals surface area contributed by atoms with E-state index in [1.807, 2.05) is 31.2 Å². The molecule has 0 spiro atoms. The smallest absolute Gasteiger partial charge is 0.240 e. The molecule has 142 valence electrons. The number of nitrogens with one attached hydrogen (secondary N) is 2. The van der Waals surface area contributed by atoms with E-state index in [1.165, 1.54) is 6.21 Å². The SMILES string of the molecule is CCCOc1ccc(C=NNC(=O)CCC(=O)Nc2ccccc2Cl)cc1. The van der Waals surface area contributed by atoms with Gasteiger partial charge in [-0.2, -0.15) is 5.10 Å². The van der Waals surface area contributed by atoms with Gasteiger partial charge in [0.2, 0.25) is 11.8 Å². The number of rotatable bonds is 9. The van der Waals surface area contributed by atoms with Crippen molar-refractivity contribution in [3.8, 4) is 5.75 Å². The number of ether oxygens (including phenoxy) is 1. The molecule has 7 heteroatoms. The van der Waals surface area contributed by atoms with Crippen LogP contribution >= 0.6 is 11.6 Å². The van der Waals surface area contributed by atoms with Crippen LogP contribution in [-0.2, 0) is 9.59 Å². The first kappa shape index (κ1) is 20.5. The first-order valence-electron chi connectivity index (χ1n) is 8.67. The lowest BCUT2D eigenvalue weighted by Gasteiger charge is -2.06. The molecule has 2 rings (SSSR count). The molecular weight excluding hydrogens is 366 g/mol. The number of hydrogen-bond donors (Lipinski definition) is 2. The molecule has 0 fully saturated rings. The summed E-state index contributed by atoms with van der Waals surface area (Å²) in [5.41, 5.74) is 3.76. The van der Waals surface area contributed by atoms with Gasteiger partial charge in [0.25, 0.3) is 0 Å². The normalized spacial score (nSPS) is 10.6. The maximum absolute atomic E-state index is 11.9. The number of amides is 2. The molecule has 0 aliphatic heterocycles. The molecule has 2 N–H and O–H groups in total. The Kier molecular flexibility index (Phi) is 8.32. The molecule has 0 aliphatic carbocycles. The van der Waals surface area contributed by atoms with Crippen LogP contribution in [0.25, 0.3) is 0 Å². The molecule has 0 radical (unpaired) electrons. The summed E-state index contributed by atoms with van der Waals surface area (Å²) in [4.78, 5) is 23.6. The number of para-hydroxylation sites is 1. The molecule has 0 saturated heterocycles. The highest BCUT2D eigenvalue weighted by Crippen LogP contribution is 2.20. The number of hydrogen-bond acceptors (Lipinski definition) is 4. The van der Waals surface area contributed by atoms with Crippen molar-refractivity contribution in [3.05, 3.63) is 59.1 Å². The average molecular weight is 388 g/mol. The van der Waals surface area contributed by atoms with E-state index in [0.29, 0.717) is 17.3 Å². The predicted molar refractivity (Wildman–Crippen MR) is 107 cm³/mol. The van der Waals surface area contributed by atoms with E-state index in [2.05, 4.69) is 15.8 Å². The van der Waals surface area contributed by atoms with Gasteiger partial charge in [0.1, 0.15) is 5.75 Å². The Bertz CT molecular complexity index is 791. The molecule has 0 unspecified atom stereocenters. The zero-order valence-electron chi connectivity index (χ0n) is 15.1. The van der Waals surface area contributed by atoms with Crippen molar-refractivity contribution in [2.75, 3.05) is 11.9 Å². The quantitative estimate of drug-likeness (QED) is 0.504. The number of nitrogens with zero attached hydrogens (tertiary/aromatic N) is 1. The molecule has 0 aliphatic rings. The first-order valence-corrected chi connectivity index (χ1v) is 9.05. The van der Waals surface area contributed by atoms with Crippen LogP contribution in [0.4, 0.5) is 5.69 Å². The monoisotopic (exact) mass is 387 g/mol. The Balaban J connectivity index is 1.71. The average Bonchev–Trinajstić information content (AvgIpc) is 2.67. The summed E-state index contributed by atoms with van der Waals surface area (Å²) in [6.07, 6.45) is 2.55. The maximum Gasteiger partial charge on any atom is 0.240 e. The van der Waals surface area contributed by atoms with Crippen molar-refractivity contribution in [1.29, 1.82) is 0 Å². The van der Waals surface area contributed by atoms with Gasteiger partial charge in [0, 0.05) is 12.8 Å². The molecule has 0 atom stereocenters. The number of benzene rings is 2. The van der Waals surface area contributed by atoms with Crippen LogP contribution in [0, 0.1) is 0 Å². The molecule has 2 aromatic rings. The molecule has 6 nitrogen and oxygen atoms in total. The molecule has 0 aromatic heterocycles. The zero-order chi connectivity index (χ0) is 19.5. The lowest BCUT2D eigenvalue weighted by molar-refractivity contribution is -0.124. The number of halogens is 1. The van der Waals surface area contributed by atoms with Crippen molar-refractivity contribution in [2.24, 2.45) is 5.10 Å². The van der Waals surface area contributed by atoms with Gasteiger partial charge in [-0.25, -0.2) is 5.43 Å². The van der Waals surface area contributed by atoms with Crippen LogP contribution < -0.4 is 15.5 Å². The molecule has 27 heavy (non-hydrogen) atoms. The fraction of sp³-hybridized carbons (Fsp3) is 0.250. The fourth-order valence-corrected chi connectivity index (χ4v) is 2.29. The third kappa shape index (κ3) is 7.50. The summed E-state index contributed by atoms with van der Waals surface area (Å²) in [6, 6.07) is 14.3. The van der Waals surface area contributed by atoms with E-state index in [0.717, 1.165) is 17.7 Å². The number of carbonyl (C=O) groups is 2. The van der Waals surface area contributed by atoms with Crippen LogP contribution in [0.5, 0.6) is 5.75 Å². The van der Waals surface area contributed by atoms with Gasteiger partial charge in [-0.1, -0.05) is 30.7 Å². The van der Waals surface area contributed by atoms with E-state index >= 15 is 0 Å². The van der Waals surface area contributed by atoms with Crippen molar-refractivity contribution in [2.45, 2.75) is 26.2 Å². The van der Waals surface area contributed by atoms with E-state index in [1.54, 1.807) is 24.3 Å². The third-order valence-corrected chi connectivity index (χ3v) is 3.81. The second-order valence-corrected chi connectivity index (χ2v) is 6.15. The summed E-state index contributed by atoms with van der Waals surface area (Å²) < 4.78 is 5.50. The van der Waals surface area contributed by atoms with Crippen molar-refractivity contribution >= 4 is 35.3 Å². The van der Waals surface area contributed by atoms with E-state index < -0.39 is 0 Å². The zero-order valence-corrected chi connectivity index (χ0v) is 15.8. The minimum atomic E-state index is -0.344. The minimum absolute atomic E-state index is 0.0252. The Morgan fingerprint density at radius 2 is 1.78 bits per heavy atom. The lowest BCUT2D eigenvalue weighted by atomic mass is 10.2. The van der Waals surface area contributed by atoms with Crippen molar-refractivity contribution in [3.63, 3.8) is 0 Å². The van der Waals surface area contributed by atoms with Gasteiger partial charge >= 0.3 is 0 Å².